The lowest BCUT2D eigenvalue weighted by Gasteiger charge is -2.38. The third-order valence-corrected chi connectivity index (χ3v) is 7.66. The van der Waals surface area contributed by atoms with Crippen molar-refractivity contribution >= 4 is 11.8 Å². The van der Waals surface area contributed by atoms with Crippen LogP contribution in [-0.2, 0) is 24.4 Å². The number of carbonyl (C=O) groups excluding carboxylic acids is 2. The average molecular weight is 536 g/mol. The van der Waals surface area contributed by atoms with Crippen LogP contribution in [0, 0.1) is 12.8 Å². The molecule has 7 heteroatoms. The summed E-state index contributed by atoms with van der Waals surface area (Å²) >= 11 is 0. The van der Waals surface area contributed by atoms with Gasteiger partial charge in [0.25, 0.3) is 5.91 Å². The summed E-state index contributed by atoms with van der Waals surface area (Å²) in [5.41, 5.74) is 5.88. The number of rotatable bonds is 8. The van der Waals surface area contributed by atoms with Crippen molar-refractivity contribution in [3.63, 3.8) is 0 Å². The first-order chi connectivity index (χ1) is 19.5. The van der Waals surface area contributed by atoms with Crippen LogP contribution in [-0.4, -0.2) is 40.2 Å². The minimum atomic E-state index is -0.214. The zero-order chi connectivity index (χ0) is 27.6. The summed E-state index contributed by atoms with van der Waals surface area (Å²) in [6.07, 6.45) is 4.16. The van der Waals surface area contributed by atoms with E-state index in [0.29, 0.717) is 24.7 Å². The first-order valence-electron chi connectivity index (χ1n) is 13.8. The van der Waals surface area contributed by atoms with Gasteiger partial charge in [0.2, 0.25) is 11.8 Å². The number of benzene rings is 3. The van der Waals surface area contributed by atoms with Gasteiger partial charge in [0.15, 0.2) is 12.3 Å². The SMILES string of the molecule is Cc1cccc([C@@H]2c3cc(OCc4nc(C(=O)N(C)Cc5ccccc5)co4)ccc3CCN2C(=O)C2CC2)c1. The Morgan fingerprint density at radius 2 is 1.88 bits per heavy atom. The summed E-state index contributed by atoms with van der Waals surface area (Å²) < 4.78 is 11.7. The van der Waals surface area contributed by atoms with Gasteiger partial charge in [-0.15, -0.1) is 0 Å². The fourth-order valence-corrected chi connectivity index (χ4v) is 5.43. The number of aromatic nitrogens is 1. The highest BCUT2D eigenvalue weighted by molar-refractivity contribution is 5.91. The van der Waals surface area contributed by atoms with Crippen molar-refractivity contribution in [3.05, 3.63) is 118 Å². The van der Waals surface area contributed by atoms with Crippen molar-refractivity contribution in [2.24, 2.45) is 5.92 Å². The van der Waals surface area contributed by atoms with Gasteiger partial charge in [0.05, 0.1) is 6.04 Å². The molecule has 204 valence electrons. The van der Waals surface area contributed by atoms with Crippen LogP contribution >= 0.6 is 0 Å². The Morgan fingerprint density at radius 1 is 1.05 bits per heavy atom. The number of oxazole rings is 1. The second-order valence-corrected chi connectivity index (χ2v) is 10.8. The molecule has 0 spiro atoms. The van der Waals surface area contributed by atoms with E-state index in [4.69, 9.17) is 9.15 Å². The molecule has 1 aliphatic heterocycles. The smallest absolute Gasteiger partial charge is 0.275 e. The van der Waals surface area contributed by atoms with E-state index in [2.05, 4.69) is 47.1 Å². The predicted molar refractivity (Wildman–Crippen MR) is 151 cm³/mol. The number of ether oxygens (including phenoxy) is 1. The number of hydrogen-bond donors (Lipinski definition) is 0. The molecule has 0 N–H and O–H groups in total. The van der Waals surface area contributed by atoms with Crippen LogP contribution in [0.25, 0.3) is 0 Å². The maximum absolute atomic E-state index is 13.3. The molecule has 4 aromatic rings. The fourth-order valence-electron chi connectivity index (χ4n) is 5.43. The summed E-state index contributed by atoms with van der Waals surface area (Å²) in [6, 6.07) is 24.2. The average Bonchev–Trinajstić information content (AvgIpc) is 3.72. The predicted octanol–water partition coefficient (Wildman–Crippen LogP) is 5.72. The Labute approximate surface area is 234 Å². The van der Waals surface area contributed by atoms with Crippen molar-refractivity contribution in [2.75, 3.05) is 13.6 Å². The van der Waals surface area contributed by atoms with Gasteiger partial charge >= 0.3 is 0 Å². The summed E-state index contributed by atoms with van der Waals surface area (Å²) in [6.45, 7) is 3.37. The number of carbonyl (C=O) groups is 2. The lowest BCUT2D eigenvalue weighted by molar-refractivity contribution is -0.134. The van der Waals surface area contributed by atoms with Crippen LogP contribution in [0.3, 0.4) is 0 Å². The van der Waals surface area contributed by atoms with E-state index in [9.17, 15) is 9.59 Å². The Bertz CT molecular complexity index is 1530. The quantitative estimate of drug-likeness (QED) is 0.289. The third-order valence-electron chi connectivity index (χ3n) is 7.66. The molecule has 1 aromatic heterocycles. The van der Waals surface area contributed by atoms with E-state index in [1.807, 2.05) is 42.5 Å². The zero-order valence-electron chi connectivity index (χ0n) is 22.9. The summed E-state index contributed by atoms with van der Waals surface area (Å²) in [5, 5.41) is 0. The van der Waals surface area contributed by atoms with Crippen molar-refractivity contribution < 1.29 is 18.7 Å². The molecule has 0 radical (unpaired) electrons. The van der Waals surface area contributed by atoms with Crippen molar-refractivity contribution in [2.45, 2.75) is 45.4 Å². The van der Waals surface area contributed by atoms with Crippen LogP contribution in [0.5, 0.6) is 5.75 Å². The van der Waals surface area contributed by atoms with Gasteiger partial charge in [0, 0.05) is 26.1 Å². The third kappa shape index (κ3) is 5.50. The summed E-state index contributed by atoms with van der Waals surface area (Å²) in [4.78, 5) is 34.2. The fraction of sp³-hybridized carbons (Fsp3) is 0.303. The van der Waals surface area contributed by atoms with Gasteiger partial charge in [-0.05, 0) is 60.6 Å². The molecule has 2 amide bonds. The molecular weight excluding hydrogens is 502 g/mol. The topological polar surface area (TPSA) is 75.9 Å². The molecule has 1 aliphatic carbocycles. The van der Waals surface area contributed by atoms with Crippen LogP contribution in [0.4, 0.5) is 0 Å². The van der Waals surface area contributed by atoms with Gasteiger partial charge in [-0.25, -0.2) is 4.98 Å². The molecule has 1 fully saturated rings. The van der Waals surface area contributed by atoms with Gasteiger partial charge in [0.1, 0.15) is 12.0 Å². The van der Waals surface area contributed by atoms with Gasteiger partial charge in [-0.3, -0.25) is 9.59 Å². The Kier molecular flexibility index (Phi) is 7.11. The first-order valence-corrected chi connectivity index (χ1v) is 13.8. The van der Waals surface area contributed by atoms with Crippen molar-refractivity contribution in [3.8, 4) is 5.75 Å². The molecule has 0 bridgehead atoms. The number of nitrogens with zero attached hydrogens (tertiary/aromatic N) is 3. The van der Waals surface area contributed by atoms with Crippen molar-refractivity contribution in [1.29, 1.82) is 0 Å². The minimum absolute atomic E-state index is 0.0916. The van der Waals surface area contributed by atoms with Gasteiger partial charge in [-0.2, -0.15) is 0 Å². The molecule has 7 nitrogen and oxygen atoms in total. The lowest BCUT2D eigenvalue weighted by atomic mass is 9.87. The Morgan fingerprint density at radius 3 is 2.65 bits per heavy atom. The van der Waals surface area contributed by atoms with E-state index >= 15 is 0 Å². The Balaban J connectivity index is 1.18. The first kappa shape index (κ1) is 25.9. The number of fused-ring (bicyclic) bond motifs is 1. The molecule has 1 atom stereocenters. The largest absolute Gasteiger partial charge is 0.484 e. The van der Waals surface area contributed by atoms with Gasteiger partial charge < -0.3 is 19.0 Å². The minimum Gasteiger partial charge on any atom is -0.484 e. The van der Waals surface area contributed by atoms with E-state index < -0.39 is 0 Å². The Hall–Kier alpha value is -4.39. The molecule has 40 heavy (non-hydrogen) atoms. The highest BCUT2D eigenvalue weighted by Crippen LogP contribution is 2.41. The zero-order valence-corrected chi connectivity index (χ0v) is 22.9. The normalized spacial score (nSPS) is 16.4. The summed E-state index contributed by atoms with van der Waals surface area (Å²) in [7, 11) is 1.75. The second-order valence-electron chi connectivity index (χ2n) is 10.8. The van der Waals surface area contributed by atoms with Crippen LogP contribution < -0.4 is 4.74 Å². The van der Waals surface area contributed by atoms with E-state index in [1.54, 1.807) is 11.9 Å². The number of amides is 2. The number of hydrogen-bond acceptors (Lipinski definition) is 5. The summed E-state index contributed by atoms with van der Waals surface area (Å²) in [5.74, 6) is 1.19. The molecule has 3 aromatic carbocycles. The molecule has 2 heterocycles. The van der Waals surface area contributed by atoms with Crippen LogP contribution in [0.15, 0.2) is 83.5 Å². The highest BCUT2D eigenvalue weighted by atomic mass is 16.5. The second kappa shape index (κ2) is 11.0. The molecule has 0 saturated heterocycles. The monoisotopic (exact) mass is 535 g/mol. The van der Waals surface area contributed by atoms with Gasteiger partial charge in [-0.1, -0.05) is 66.2 Å². The lowest BCUT2D eigenvalue weighted by Crippen LogP contribution is -2.41. The molecule has 1 saturated carbocycles. The van der Waals surface area contributed by atoms with E-state index in [0.717, 1.165) is 36.0 Å². The standard InChI is InChI=1S/C33H33N3O4/c1-22-7-6-10-26(17-22)31-28-18-27(14-13-24(28)15-16-36(31)32(37)25-11-12-25)39-21-30-34-29(20-40-30)33(38)35(2)19-23-8-4-3-5-9-23/h3-10,13-14,17-18,20,25,31H,11-12,15-16,19,21H2,1-2H3/t31-/m1/s1. The molecule has 0 unspecified atom stereocenters. The number of aryl methyl sites for hydroxylation is 1. The van der Waals surface area contributed by atoms with Crippen LogP contribution in [0.1, 0.15) is 63.1 Å². The van der Waals surface area contributed by atoms with Crippen molar-refractivity contribution in [1.82, 2.24) is 14.8 Å². The maximum Gasteiger partial charge on any atom is 0.275 e. The van der Waals surface area contributed by atoms with E-state index in [-0.39, 0.29) is 36.1 Å². The maximum atomic E-state index is 13.3. The van der Waals surface area contributed by atoms with E-state index in [1.165, 1.54) is 17.4 Å². The molecule has 2 aliphatic rings. The highest BCUT2D eigenvalue weighted by Gasteiger charge is 2.39. The van der Waals surface area contributed by atoms with Crippen LogP contribution in [0.2, 0.25) is 0 Å². The molecular formula is C33H33N3O4. The molecule has 6 rings (SSSR count).